The molecule has 0 saturated carbocycles. The zero-order valence-electron chi connectivity index (χ0n) is 19.0. The smallest absolute Gasteiger partial charge is 0.335 e. The Bertz CT molecular complexity index is 1220. The van der Waals surface area contributed by atoms with Gasteiger partial charge in [-0.1, -0.05) is 6.07 Å². The third-order valence-electron chi connectivity index (χ3n) is 6.02. The molecule has 0 radical (unpaired) electrons. The Morgan fingerprint density at radius 2 is 1.86 bits per heavy atom. The second-order valence-electron chi connectivity index (χ2n) is 8.18. The molecule has 1 aliphatic carbocycles. The first-order valence-electron chi connectivity index (χ1n) is 10.9. The van der Waals surface area contributed by atoms with E-state index in [1.54, 1.807) is 19.2 Å². The number of aliphatic hydroxyl groups excluding tert-OH is 1. The predicted molar refractivity (Wildman–Crippen MR) is 125 cm³/mol. The number of halogens is 1. The van der Waals surface area contributed by atoms with Gasteiger partial charge < -0.3 is 20.6 Å². The Labute approximate surface area is 200 Å². The van der Waals surface area contributed by atoms with Gasteiger partial charge in [-0.15, -0.1) is 0 Å². The van der Waals surface area contributed by atoms with E-state index >= 15 is 0 Å². The average Bonchev–Trinajstić information content (AvgIpc) is 2.77. The van der Waals surface area contributed by atoms with Crippen molar-refractivity contribution >= 4 is 35.5 Å². The second kappa shape index (κ2) is 10.9. The fourth-order valence-corrected chi connectivity index (χ4v) is 4.19. The van der Waals surface area contributed by atoms with Gasteiger partial charge in [-0.3, -0.25) is 19.3 Å². The summed E-state index contributed by atoms with van der Waals surface area (Å²) in [6.45, 7) is 2.04. The lowest BCUT2D eigenvalue weighted by atomic mass is 9.84. The summed E-state index contributed by atoms with van der Waals surface area (Å²) in [5.41, 5.74) is 2.02. The highest BCUT2D eigenvalue weighted by Crippen LogP contribution is 2.34. The summed E-state index contributed by atoms with van der Waals surface area (Å²) in [5.74, 6) is -3.30. The van der Waals surface area contributed by atoms with E-state index in [0.717, 1.165) is 25.6 Å². The number of carbonyl (C=O) groups is 4. The maximum absolute atomic E-state index is 14.0. The van der Waals surface area contributed by atoms with Crippen LogP contribution in [0.25, 0.3) is 5.76 Å². The molecule has 2 aromatic rings. The van der Waals surface area contributed by atoms with E-state index in [0.29, 0.717) is 28.9 Å². The Morgan fingerprint density at radius 1 is 1.17 bits per heavy atom. The summed E-state index contributed by atoms with van der Waals surface area (Å²) in [4.78, 5) is 47.7. The van der Waals surface area contributed by atoms with Crippen LogP contribution in [0.1, 0.15) is 39.0 Å². The molecule has 1 saturated heterocycles. The molecule has 0 amide bonds. The number of ketones is 2. The first-order valence-corrected chi connectivity index (χ1v) is 10.9. The molecule has 4 rings (SSSR count). The minimum Gasteiger partial charge on any atom is -0.506 e. The Hall–Kier alpha value is -4.05. The minimum atomic E-state index is -1.06. The van der Waals surface area contributed by atoms with E-state index < -0.39 is 29.1 Å². The molecule has 2 aliphatic rings. The number of carbonyl (C=O) groups excluding carboxylic acids is 2. The number of nitrogens with one attached hydrogen (secondary N) is 1. The van der Waals surface area contributed by atoms with Crippen molar-refractivity contribution < 1.29 is 38.9 Å². The molecule has 1 fully saturated rings. The molecule has 0 unspecified atom stereocenters. The van der Waals surface area contributed by atoms with Crippen molar-refractivity contribution in [2.24, 2.45) is 0 Å². The Kier molecular flexibility index (Phi) is 7.98. The maximum atomic E-state index is 14.0. The fourth-order valence-electron chi connectivity index (χ4n) is 4.19. The third kappa shape index (κ3) is 5.55. The van der Waals surface area contributed by atoms with Gasteiger partial charge in [-0.25, -0.2) is 9.18 Å². The van der Waals surface area contributed by atoms with Gasteiger partial charge in [-0.05, 0) is 60.5 Å². The Balaban J connectivity index is 0.00000108. The van der Waals surface area contributed by atoms with Gasteiger partial charge in [0, 0.05) is 37.7 Å². The van der Waals surface area contributed by atoms with Crippen LogP contribution < -0.4 is 5.32 Å². The van der Waals surface area contributed by atoms with Crippen LogP contribution in [-0.2, 0) is 33.8 Å². The number of carboxylic acids is 1. The molecule has 4 N–H and O–H groups in total. The number of fused-ring (bicyclic) bond motifs is 1. The van der Waals surface area contributed by atoms with Gasteiger partial charge in [0.25, 0.3) is 6.47 Å². The molecule has 0 spiro atoms. The normalized spacial score (nSPS) is 14.9. The lowest BCUT2D eigenvalue weighted by Gasteiger charge is -2.31. The number of hydrogen-bond acceptors (Lipinski definition) is 7. The van der Waals surface area contributed by atoms with Crippen LogP contribution in [0.3, 0.4) is 0 Å². The van der Waals surface area contributed by atoms with Crippen molar-refractivity contribution in [2.75, 3.05) is 25.5 Å². The number of rotatable bonds is 7. The summed E-state index contributed by atoms with van der Waals surface area (Å²) in [7, 11) is 1.58. The van der Waals surface area contributed by atoms with E-state index in [1.807, 2.05) is 0 Å². The van der Waals surface area contributed by atoms with Gasteiger partial charge in [0.2, 0.25) is 0 Å². The van der Waals surface area contributed by atoms with E-state index in [2.05, 4.69) is 10.2 Å². The number of carboxylic acid groups (broad SMARTS) is 2. The number of hydrogen-bond donors (Lipinski definition) is 4. The van der Waals surface area contributed by atoms with Crippen molar-refractivity contribution in [3.05, 3.63) is 69.5 Å². The fraction of sp³-hybridized carbons (Fsp3) is 0.280. The van der Waals surface area contributed by atoms with Gasteiger partial charge in [0.05, 0.1) is 5.56 Å². The minimum absolute atomic E-state index is 0.122. The average molecular weight is 484 g/mol. The molecule has 0 bridgehead atoms. The zero-order valence-corrected chi connectivity index (χ0v) is 19.0. The lowest BCUT2D eigenvalue weighted by molar-refractivity contribution is -0.123. The largest absolute Gasteiger partial charge is 0.506 e. The lowest BCUT2D eigenvalue weighted by Crippen LogP contribution is -2.36. The third-order valence-corrected chi connectivity index (χ3v) is 6.02. The molecule has 0 aromatic heterocycles. The molecule has 2 aromatic carbocycles. The number of aliphatic hydroxyl groups is 1. The van der Waals surface area contributed by atoms with Crippen molar-refractivity contribution in [3.8, 4) is 0 Å². The summed E-state index contributed by atoms with van der Waals surface area (Å²) in [6.07, 6.45) is 0.764. The van der Waals surface area contributed by atoms with E-state index in [-0.39, 0.29) is 36.0 Å². The van der Waals surface area contributed by atoms with E-state index in [4.69, 9.17) is 9.90 Å². The SMILES string of the molecule is CNc1cc(F)cc2c1CC(=O)C(C(=O)Cc1ccc(C(=O)O)cc1CN1CCC1)=C2O.O=CO. The topological polar surface area (TPSA) is 144 Å². The standard InChI is InChI=1S/C24H23FN2O5.CH2O2/c1-26-19-10-16(25)9-18-17(19)11-21(29)22(23(18)30)20(28)8-13-3-4-14(24(31)32)7-15(13)12-27-5-2-6-27;2-1-3/h3-4,7,9-10,26,30H,2,5-6,8,11-12H2,1H3,(H,31,32);1H,(H,2,3). The second-order valence-corrected chi connectivity index (χ2v) is 8.18. The Morgan fingerprint density at radius 3 is 2.43 bits per heavy atom. The van der Waals surface area contributed by atoms with Crippen LogP contribution in [0, 0.1) is 5.82 Å². The highest BCUT2D eigenvalue weighted by molar-refractivity contribution is 6.27. The van der Waals surface area contributed by atoms with Crippen LogP contribution >= 0.6 is 0 Å². The van der Waals surface area contributed by atoms with Crippen molar-refractivity contribution in [1.29, 1.82) is 0 Å². The highest BCUT2D eigenvalue weighted by atomic mass is 19.1. The van der Waals surface area contributed by atoms with Crippen LogP contribution in [0.5, 0.6) is 0 Å². The van der Waals surface area contributed by atoms with Crippen molar-refractivity contribution in [3.63, 3.8) is 0 Å². The van der Waals surface area contributed by atoms with Crippen LogP contribution in [0.4, 0.5) is 10.1 Å². The molecule has 35 heavy (non-hydrogen) atoms. The number of likely N-dealkylation sites (tertiary alicyclic amines) is 1. The number of benzene rings is 2. The highest BCUT2D eigenvalue weighted by Gasteiger charge is 2.32. The molecule has 184 valence electrons. The molecule has 9 nitrogen and oxygen atoms in total. The van der Waals surface area contributed by atoms with Gasteiger partial charge in [0.1, 0.15) is 17.1 Å². The van der Waals surface area contributed by atoms with Gasteiger partial charge in [0.15, 0.2) is 11.6 Å². The quantitative estimate of drug-likeness (QED) is 0.344. The van der Waals surface area contributed by atoms with Gasteiger partial charge in [-0.2, -0.15) is 0 Å². The van der Waals surface area contributed by atoms with E-state index in [1.165, 1.54) is 12.1 Å². The van der Waals surface area contributed by atoms with Crippen molar-refractivity contribution in [2.45, 2.75) is 25.8 Å². The first kappa shape index (κ1) is 25.6. The monoisotopic (exact) mass is 484 g/mol. The number of allylic oxidation sites excluding steroid dienone is 1. The van der Waals surface area contributed by atoms with Crippen LogP contribution in [-0.4, -0.2) is 64.4 Å². The molecule has 0 atom stereocenters. The summed E-state index contributed by atoms with van der Waals surface area (Å²) < 4.78 is 14.0. The number of aromatic carboxylic acids is 1. The number of nitrogens with zero attached hydrogens (tertiary/aromatic N) is 1. The molecular formula is C25H25FN2O7. The predicted octanol–water partition coefficient (Wildman–Crippen LogP) is 2.68. The molecular weight excluding hydrogens is 459 g/mol. The first-order chi connectivity index (χ1) is 16.7. The number of Topliss-reactive ketones (excluding diaryl/α,β-unsaturated/α-hetero) is 2. The zero-order chi connectivity index (χ0) is 25.7. The molecule has 1 aliphatic heterocycles. The van der Waals surface area contributed by atoms with Crippen molar-refractivity contribution in [1.82, 2.24) is 4.90 Å². The molecule has 10 heteroatoms. The van der Waals surface area contributed by atoms with Crippen LogP contribution in [0.15, 0.2) is 35.9 Å². The summed E-state index contributed by atoms with van der Waals surface area (Å²) in [5, 5.41) is 29.7. The summed E-state index contributed by atoms with van der Waals surface area (Å²) >= 11 is 0. The summed E-state index contributed by atoms with van der Waals surface area (Å²) in [6, 6.07) is 6.89. The van der Waals surface area contributed by atoms with E-state index in [9.17, 15) is 29.0 Å². The van der Waals surface area contributed by atoms with Crippen LogP contribution in [0.2, 0.25) is 0 Å². The molecule has 1 heterocycles. The van der Waals surface area contributed by atoms with Gasteiger partial charge >= 0.3 is 5.97 Å². The maximum Gasteiger partial charge on any atom is 0.335 e. The number of anilines is 1.